The van der Waals surface area contributed by atoms with Gasteiger partial charge in [0.05, 0.1) is 18.8 Å². The highest BCUT2D eigenvalue weighted by Crippen LogP contribution is 2.20. The molecule has 0 aromatic heterocycles. The number of nitrogens with one attached hydrogen (secondary N) is 2. The van der Waals surface area contributed by atoms with Gasteiger partial charge in [-0.05, 0) is 45.0 Å². The summed E-state index contributed by atoms with van der Waals surface area (Å²) in [5.74, 6) is 1.52. The maximum atomic E-state index is 10.5. The molecule has 0 saturated carbocycles. The molecule has 1 heterocycles. The average Bonchev–Trinajstić information content (AvgIpc) is 2.72. The van der Waals surface area contributed by atoms with Gasteiger partial charge in [-0.2, -0.15) is 0 Å². The third-order valence-electron chi connectivity index (χ3n) is 5.01. The molecule has 1 saturated heterocycles. The lowest BCUT2D eigenvalue weighted by atomic mass is 10.1. The smallest absolute Gasteiger partial charge is 0.191 e. The first-order valence-corrected chi connectivity index (χ1v) is 10.9. The fourth-order valence-corrected chi connectivity index (χ4v) is 3.35. The molecule has 1 fully saturated rings. The number of aliphatic hydroxyl groups excluding tert-OH is 1. The second kappa shape index (κ2) is 12.7. The van der Waals surface area contributed by atoms with E-state index < -0.39 is 6.10 Å². The quantitative estimate of drug-likeness (QED) is 0.407. The van der Waals surface area contributed by atoms with Gasteiger partial charge >= 0.3 is 0 Å². The molecule has 1 aliphatic rings. The fraction of sp³-hybridized carbons (Fsp3) is 0.682. The van der Waals surface area contributed by atoms with Gasteiger partial charge in [-0.15, -0.1) is 0 Å². The van der Waals surface area contributed by atoms with Crippen molar-refractivity contribution in [3.63, 3.8) is 0 Å². The first-order valence-electron chi connectivity index (χ1n) is 10.9. The highest BCUT2D eigenvalue weighted by Gasteiger charge is 2.15. The largest absolute Gasteiger partial charge is 0.491 e. The second-order valence-corrected chi connectivity index (χ2v) is 7.68. The molecule has 29 heavy (non-hydrogen) atoms. The van der Waals surface area contributed by atoms with Gasteiger partial charge < -0.3 is 25.4 Å². The van der Waals surface area contributed by atoms with Crippen LogP contribution >= 0.6 is 0 Å². The van der Waals surface area contributed by atoms with Crippen LogP contribution in [-0.2, 0) is 0 Å². The van der Waals surface area contributed by atoms with Crippen molar-refractivity contribution >= 4 is 5.96 Å². The summed E-state index contributed by atoms with van der Waals surface area (Å²) < 4.78 is 5.71. The van der Waals surface area contributed by atoms with E-state index in [2.05, 4.69) is 32.3 Å². The minimum atomic E-state index is -0.664. The van der Waals surface area contributed by atoms with Gasteiger partial charge in [0, 0.05) is 45.8 Å². The molecule has 0 bridgehead atoms. The number of nitrogens with zero attached hydrogens (tertiary/aromatic N) is 3. The molecule has 0 radical (unpaired) electrons. The summed E-state index contributed by atoms with van der Waals surface area (Å²) >= 11 is 0. The van der Waals surface area contributed by atoms with Crippen molar-refractivity contribution in [3.05, 3.63) is 29.8 Å². The summed E-state index contributed by atoms with van der Waals surface area (Å²) in [5.41, 5.74) is 0.816. The number of benzene rings is 1. The zero-order valence-electron chi connectivity index (χ0n) is 18.5. The predicted octanol–water partition coefficient (Wildman–Crippen LogP) is 1.70. The maximum Gasteiger partial charge on any atom is 0.191 e. The lowest BCUT2D eigenvalue weighted by molar-refractivity contribution is 0.139. The third-order valence-corrected chi connectivity index (χ3v) is 5.01. The summed E-state index contributed by atoms with van der Waals surface area (Å²) in [7, 11) is 0. The summed E-state index contributed by atoms with van der Waals surface area (Å²) in [4.78, 5) is 9.53. The first-order chi connectivity index (χ1) is 14.0. The molecule has 7 heteroatoms. The monoisotopic (exact) mass is 405 g/mol. The van der Waals surface area contributed by atoms with Gasteiger partial charge in [0.25, 0.3) is 0 Å². The standard InChI is InChI=1S/C22H39N5O2/c1-5-23-22(24-10-11-27-14-12-26(6-2)13-15-27)25-17-21(28)19-8-7-9-20(16-19)29-18(3)4/h7-9,16,18,21,28H,5-6,10-15,17H2,1-4H3,(H2,23,24,25). The van der Waals surface area contributed by atoms with Crippen molar-refractivity contribution in [2.24, 2.45) is 4.99 Å². The lowest BCUT2D eigenvalue weighted by Gasteiger charge is -2.34. The molecule has 1 aromatic carbocycles. The van der Waals surface area contributed by atoms with E-state index in [1.165, 1.54) is 0 Å². The average molecular weight is 406 g/mol. The first kappa shape index (κ1) is 23.4. The van der Waals surface area contributed by atoms with E-state index in [1.54, 1.807) is 0 Å². The lowest BCUT2D eigenvalue weighted by Crippen LogP contribution is -2.49. The van der Waals surface area contributed by atoms with Gasteiger partial charge in [-0.25, -0.2) is 0 Å². The highest BCUT2D eigenvalue weighted by atomic mass is 16.5. The molecular formula is C22H39N5O2. The van der Waals surface area contributed by atoms with Gasteiger partial charge in [-0.3, -0.25) is 9.89 Å². The van der Waals surface area contributed by atoms with E-state index in [1.807, 2.05) is 45.0 Å². The van der Waals surface area contributed by atoms with Crippen LogP contribution in [-0.4, -0.2) is 85.9 Å². The molecule has 0 amide bonds. The third kappa shape index (κ3) is 8.60. The second-order valence-electron chi connectivity index (χ2n) is 7.68. The molecular weight excluding hydrogens is 366 g/mol. The Balaban J connectivity index is 1.81. The minimum absolute atomic E-state index is 0.106. The number of aliphatic imine (C=N–C) groups is 1. The number of hydrogen-bond acceptors (Lipinski definition) is 5. The normalized spacial score (nSPS) is 17.4. The SMILES string of the molecule is CCNC(=NCC(O)c1cccc(OC(C)C)c1)NCCN1CCN(CC)CC1. The van der Waals surface area contributed by atoms with Crippen molar-refractivity contribution in [1.29, 1.82) is 0 Å². The van der Waals surface area contributed by atoms with Crippen molar-refractivity contribution in [3.8, 4) is 5.75 Å². The molecule has 3 N–H and O–H groups in total. The molecule has 2 rings (SSSR count). The summed E-state index contributed by atoms with van der Waals surface area (Å²) in [6.07, 6.45) is -0.557. The van der Waals surface area contributed by atoms with Crippen molar-refractivity contribution in [1.82, 2.24) is 20.4 Å². The van der Waals surface area contributed by atoms with Crippen LogP contribution in [0.4, 0.5) is 0 Å². The van der Waals surface area contributed by atoms with E-state index in [0.29, 0.717) is 6.54 Å². The molecule has 0 aliphatic carbocycles. The number of guanidine groups is 1. The van der Waals surface area contributed by atoms with Crippen LogP contribution in [0, 0.1) is 0 Å². The maximum absolute atomic E-state index is 10.5. The van der Waals surface area contributed by atoms with Crippen LogP contribution in [0.3, 0.4) is 0 Å². The Morgan fingerprint density at radius 1 is 1.14 bits per heavy atom. The zero-order chi connectivity index (χ0) is 21.1. The number of hydrogen-bond donors (Lipinski definition) is 3. The number of ether oxygens (including phenoxy) is 1. The van der Waals surface area contributed by atoms with Crippen molar-refractivity contribution in [2.75, 3.05) is 58.9 Å². The fourth-order valence-electron chi connectivity index (χ4n) is 3.35. The van der Waals surface area contributed by atoms with Crippen LogP contribution in [0.15, 0.2) is 29.3 Å². The number of likely N-dealkylation sites (N-methyl/N-ethyl adjacent to an activating group) is 1. The van der Waals surface area contributed by atoms with Gasteiger partial charge in [-0.1, -0.05) is 19.1 Å². The molecule has 1 atom stereocenters. The molecule has 1 aliphatic heterocycles. The number of aliphatic hydroxyl groups is 1. The predicted molar refractivity (Wildman–Crippen MR) is 120 cm³/mol. The summed E-state index contributed by atoms with van der Waals surface area (Å²) in [6, 6.07) is 7.60. The minimum Gasteiger partial charge on any atom is -0.491 e. The number of piperazine rings is 1. The van der Waals surface area contributed by atoms with Crippen molar-refractivity contribution in [2.45, 2.75) is 39.9 Å². The van der Waals surface area contributed by atoms with Crippen LogP contribution < -0.4 is 15.4 Å². The van der Waals surface area contributed by atoms with Crippen molar-refractivity contribution < 1.29 is 9.84 Å². The Labute approximate surface area is 176 Å². The molecule has 164 valence electrons. The van der Waals surface area contributed by atoms with E-state index in [4.69, 9.17) is 4.74 Å². The van der Waals surface area contributed by atoms with Crippen LogP contribution in [0.2, 0.25) is 0 Å². The van der Waals surface area contributed by atoms with Gasteiger partial charge in [0.2, 0.25) is 0 Å². The van der Waals surface area contributed by atoms with E-state index in [9.17, 15) is 5.11 Å². The Morgan fingerprint density at radius 3 is 2.52 bits per heavy atom. The van der Waals surface area contributed by atoms with Gasteiger partial charge in [0.15, 0.2) is 5.96 Å². The molecule has 1 unspecified atom stereocenters. The molecule has 7 nitrogen and oxygen atoms in total. The van der Waals surface area contributed by atoms with Crippen LogP contribution in [0.5, 0.6) is 5.75 Å². The zero-order valence-corrected chi connectivity index (χ0v) is 18.5. The van der Waals surface area contributed by atoms with E-state index in [0.717, 1.165) is 69.6 Å². The Morgan fingerprint density at radius 2 is 1.86 bits per heavy atom. The summed E-state index contributed by atoms with van der Waals surface area (Å²) in [6.45, 7) is 16.9. The topological polar surface area (TPSA) is 72.4 Å². The number of rotatable bonds is 10. The van der Waals surface area contributed by atoms with E-state index >= 15 is 0 Å². The highest BCUT2D eigenvalue weighted by molar-refractivity contribution is 5.79. The van der Waals surface area contributed by atoms with Crippen LogP contribution in [0.25, 0.3) is 0 Å². The molecule has 0 spiro atoms. The molecule has 1 aromatic rings. The van der Waals surface area contributed by atoms with Gasteiger partial charge in [0.1, 0.15) is 5.75 Å². The van der Waals surface area contributed by atoms with Crippen LogP contribution in [0.1, 0.15) is 39.4 Å². The Bertz CT molecular complexity index is 615. The summed E-state index contributed by atoms with van der Waals surface area (Å²) in [5, 5.41) is 17.2. The Hall–Kier alpha value is -1.83. The Kier molecular flexibility index (Phi) is 10.2. The van der Waals surface area contributed by atoms with E-state index in [-0.39, 0.29) is 6.10 Å².